The van der Waals surface area contributed by atoms with Crippen LogP contribution >= 0.6 is 34.7 Å². The average Bonchev–Trinajstić information content (AvgIpc) is 2.63. The third-order valence-corrected chi connectivity index (χ3v) is 4.40. The lowest BCUT2D eigenvalue weighted by molar-refractivity contribution is 0.0701. The Morgan fingerprint density at radius 2 is 2.35 bits per heavy atom. The van der Waals surface area contributed by atoms with E-state index in [4.69, 9.17) is 16.7 Å². The predicted octanol–water partition coefficient (Wildman–Crippen LogP) is 2.74. The van der Waals surface area contributed by atoms with Gasteiger partial charge in [-0.1, -0.05) is 22.9 Å². The first-order valence-electron chi connectivity index (χ1n) is 4.42. The van der Waals surface area contributed by atoms with E-state index >= 15 is 0 Å². The molecule has 5 nitrogen and oxygen atoms in total. The topological polar surface area (TPSA) is 76.0 Å². The summed E-state index contributed by atoms with van der Waals surface area (Å²) in [7, 11) is 0. The lowest BCUT2D eigenvalue weighted by Crippen LogP contribution is -1.94. The first kappa shape index (κ1) is 12.3. The monoisotopic (exact) mass is 287 g/mol. The van der Waals surface area contributed by atoms with Crippen LogP contribution in [0.3, 0.4) is 0 Å². The maximum absolute atomic E-state index is 10.9. The van der Waals surface area contributed by atoms with Gasteiger partial charge in [0.2, 0.25) is 0 Å². The van der Waals surface area contributed by atoms with E-state index in [0.717, 1.165) is 11.3 Å². The van der Waals surface area contributed by atoms with Crippen LogP contribution in [0.25, 0.3) is 0 Å². The molecule has 0 atom stereocenters. The average molecular weight is 288 g/mol. The van der Waals surface area contributed by atoms with Crippen molar-refractivity contribution in [1.82, 2.24) is 15.0 Å². The minimum absolute atomic E-state index is 0.234. The van der Waals surface area contributed by atoms with Crippen molar-refractivity contribution in [2.24, 2.45) is 0 Å². The highest BCUT2D eigenvalue weighted by Gasteiger charge is 2.15. The summed E-state index contributed by atoms with van der Waals surface area (Å²) in [5.41, 5.74) is 0.496. The summed E-state index contributed by atoms with van der Waals surface area (Å²) in [4.78, 5) is 23.0. The van der Waals surface area contributed by atoms with Crippen LogP contribution in [-0.2, 0) is 0 Å². The number of hydrogen-bond acceptors (Lipinski definition) is 6. The Morgan fingerprint density at radius 1 is 1.59 bits per heavy atom. The summed E-state index contributed by atoms with van der Waals surface area (Å²) in [5, 5.41) is 9.89. The second-order valence-corrected chi connectivity index (χ2v) is 5.62. The fourth-order valence-corrected chi connectivity index (χ4v) is 3.18. The largest absolute Gasteiger partial charge is 0.477 e. The predicted molar refractivity (Wildman–Crippen MR) is 65.0 cm³/mol. The highest BCUT2D eigenvalue weighted by atomic mass is 35.5. The number of nitrogens with zero attached hydrogens (tertiary/aromatic N) is 3. The Balaban J connectivity index is 2.28. The van der Waals surface area contributed by atoms with Crippen LogP contribution in [0, 0.1) is 6.92 Å². The number of hydrogen-bond donors (Lipinski definition) is 1. The molecule has 88 valence electrons. The molecule has 0 radical (unpaired) electrons. The van der Waals surface area contributed by atoms with E-state index in [1.807, 2.05) is 0 Å². The molecule has 1 N–H and O–H groups in total. The van der Waals surface area contributed by atoms with Crippen LogP contribution in [0.2, 0.25) is 5.02 Å². The minimum Gasteiger partial charge on any atom is -0.477 e. The molecule has 2 aromatic heterocycles. The molecule has 0 aliphatic rings. The van der Waals surface area contributed by atoms with Crippen molar-refractivity contribution in [2.45, 2.75) is 16.3 Å². The van der Waals surface area contributed by atoms with Crippen molar-refractivity contribution >= 4 is 40.7 Å². The van der Waals surface area contributed by atoms with Crippen LogP contribution in [0.15, 0.2) is 21.9 Å². The zero-order chi connectivity index (χ0) is 12.4. The molecule has 0 aliphatic heterocycles. The van der Waals surface area contributed by atoms with E-state index < -0.39 is 5.97 Å². The first-order chi connectivity index (χ1) is 8.08. The standard InChI is InChI=1S/C9H6ClN3O2S2/c1-4-6(8(14)15)16-9(13-4)17-7-5(10)2-11-3-12-7/h2-3H,1H3,(H,14,15). The number of rotatable bonds is 3. The van der Waals surface area contributed by atoms with Crippen molar-refractivity contribution in [3.63, 3.8) is 0 Å². The number of halogens is 1. The van der Waals surface area contributed by atoms with Gasteiger partial charge in [0, 0.05) is 0 Å². The lowest BCUT2D eigenvalue weighted by Gasteiger charge is -1.97. The highest BCUT2D eigenvalue weighted by Crippen LogP contribution is 2.34. The molecule has 2 heterocycles. The van der Waals surface area contributed by atoms with Gasteiger partial charge in [0.15, 0.2) is 4.34 Å². The molecule has 2 aromatic rings. The summed E-state index contributed by atoms with van der Waals surface area (Å²) in [6.07, 6.45) is 2.86. The molecular weight excluding hydrogens is 282 g/mol. The smallest absolute Gasteiger partial charge is 0.347 e. The van der Waals surface area contributed by atoms with E-state index in [9.17, 15) is 4.79 Å². The summed E-state index contributed by atoms with van der Waals surface area (Å²) in [5.74, 6) is -0.972. The SMILES string of the molecule is Cc1nc(Sc2ncncc2Cl)sc1C(=O)O. The molecule has 0 saturated heterocycles. The number of aryl methyl sites for hydroxylation is 1. The third-order valence-electron chi connectivity index (χ3n) is 1.79. The van der Waals surface area contributed by atoms with E-state index in [1.165, 1.54) is 24.3 Å². The van der Waals surface area contributed by atoms with Gasteiger partial charge in [-0.3, -0.25) is 0 Å². The van der Waals surface area contributed by atoms with Crippen molar-refractivity contribution in [2.75, 3.05) is 0 Å². The molecule has 0 aliphatic carbocycles. The van der Waals surface area contributed by atoms with Crippen molar-refractivity contribution in [3.8, 4) is 0 Å². The quantitative estimate of drug-likeness (QED) is 0.875. The molecule has 0 spiro atoms. The molecular formula is C9H6ClN3O2S2. The first-order valence-corrected chi connectivity index (χ1v) is 6.43. The van der Waals surface area contributed by atoms with Crippen LogP contribution in [-0.4, -0.2) is 26.0 Å². The van der Waals surface area contributed by atoms with Crippen molar-refractivity contribution in [3.05, 3.63) is 28.1 Å². The van der Waals surface area contributed by atoms with Crippen LogP contribution < -0.4 is 0 Å². The van der Waals surface area contributed by atoms with Gasteiger partial charge in [-0.05, 0) is 18.7 Å². The zero-order valence-electron chi connectivity index (χ0n) is 8.55. The lowest BCUT2D eigenvalue weighted by atomic mass is 10.4. The Labute approximate surface area is 110 Å². The molecule has 17 heavy (non-hydrogen) atoms. The summed E-state index contributed by atoms with van der Waals surface area (Å²) >= 11 is 8.23. The fourth-order valence-electron chi connectivity index (χ4n) is 1.07. The Hall–Kier alpha value is -1.18. The molecule has 0 fully saturated rings. The van der Waals surface area contributed by atoms with Gasteiger partial charge >= 0.3 is 5.97 Å². The maximum Gasteiger partial charge on any atom is 0.347 e. The molecule has 0 unspecified atom stereocenters. The van der Waals surface area contributed by atoms with Gasteiger partial charge in [-0.15, -0.1) is 0 Å². The van der Waals surface area contributed by atoms with E-state index in [-0.39, 0.29) is 4.88 Å². The number of carbonyl (C=O) groups is 1. The van der Waals surface area contributed by atoms with E-state index in [2.05, 4.69) is 15.0 Å². The molecule has 0 amide bonds. The zero-order valence-corrected chi connectivity index (χ0v) is 10.9. The summed E-state index contributed by atoms with van der Waals surface area (Å²) in [6, 6.07) is 0. The van der Waals surface area contributed by atoms with Gasteiger partial charge in [0.1, 0.15) is 16.2 Å². The number of aromatic nitrogens is 3. The number of carboxylic acid groups (broad SMARTS) is 1. The normalized spacial score (nSPS) is 10.5. The van der Waals surface area contributed by atoms with Crippen LogP contribution in [0.1, 0.15) is 15.4 Å². The fraction of sp³-hybridized carbons (Fsp3) is 0.111. The summed E-state index contributed by atoms with van der Waals surface area (Å²) < 4.78 is 0.598. The van der Waals surface area contributed by atoms with Crippen LogP contribution in [0.5, 0.6) is 0 Å². The Bertz CT molecular complexity index is 573. The highest BCUT2D eigenvalue weighted by molar-refractivity contribution is 8.01. The van der Waals surface area contributed by atoms with Gasteiger partial charge < -0.3 is 5.11 Å². The Morgan fingerprint density at radius 3 is 2.94 bits per heavy atom. The maximum atomic E-state index is 10.9. The summed E-state index contributed by atoms with van der Waals surface area (Å²) in [6.45, 7) is 1.66. The minimum atomic E-state index is -0.972. The van der Waals surface area contributed by atoms with E-state index in [1.54, 1.807) is 6.92 Å². The third kappa shape index (κ3) is 2.74. The molecule has 8 heteroatoms. The second kappa shape index (κ2) is 4.99. The van der Waals surface area contributed by atoms with Crippen molar-refractivity contribution < 1.29 is 9.90 Å². The van der Waals surface area contributed by atoms with Gasteiger partial charge in [0.25, 0.3) is 0 Å². The number of carboxylic acids is 1. The van der Waals surface area contributed by atoms with Gasteiger partial charge in [-0.2, -0.15) is 0 Å². The molecule has 0 bridgehead atoms. The number of aromatic carboxylic acids is 1. The number of thiazole rings is 1. The van der Waals surface area contributed by atoms with Gasteiger partial charge in [-0.25, -0.2) is 19.7 Å². The molecule has 0 aromatic carbocycles. The second-order valence-electron chi connectivity index (χ2n) is 2.98. The molecule has 2 rings (SSSR count). The molecule has 0 saturated carbocycles. The van der Waals surface area contributed by atoms with Crippen LogP contribution in [0.4, 0.5) is 0 Å². The van der Waals surface area contributed by atoms with Gasteiger partial charge in [0.05, 0.1) is 16.9 Å². The Kier molecular flexibility index (Phi) is 3.60. The van der Waals surface area contributed by atoms with E-state index in [0.29, 0.717) is 20.1 Å². The van der Waals surface area contributed by atoms with Crippen molar-refractivity contribution in [1.29, 1.82) is 0 Å².